The Morgan fingerprint density at radius 1 is 1.35 bits per heavy atom. The van der Waals surface area contributed by atoms with Crippen molar-refractivity contribution in [1.29, 1.82) is 0 Å². The van der Waals surface area contributed by atoms with E-state index in [9.17, 15) is 14.3 Å². The van der Waals surface area contributed by atoms with Crippen molar-refractivity contribution in [3.8, 4) is 17.2 Å². The van der Waals surface area contributed by atoms with Gasteiger partial charge >= 0.3 is 0 Å². The summed E-state index contributed by atoms with van der Waals surface area (Å²) in [5.41, 5.74) is 0.0967. The zero-order chi connectivity index (χ0) is 22.8. The van der Waals surface area contributed by atoms with E-state index in [-0.39, 0.29) is 35.8 Å². The molecule has 0 aliphatic carbocycles. The molecule has 0 bridgehead atoms. The van der Waals surface area contributed by atoms with E-state index in [4.69, 9.17) is 25.8 Å². The Bertz CT molecular complexity index is 977. The third-order valence-electron chi connectivity index (χ3n) is 5.45. The molecular weight excluding hydrogens is 425 g/mol. The van der Waals surface area contributed by atoms with Crippen LogP contribution in [0.15, 0.2) is 24.3 Å². The number of hydrogen-bond acceptors (Lipinski definition) is 6. The second-order valence-corrected chi connectivity index (χ2v) is 8.81. The number of aromatic nitrogens is 1. The van der Waals surface area contributed by atoms with Crippen LogP contribution in [0.3, 0.4) is 0 Å². The van der Waals surface area contributed by atoms with Gasteiger partial charge in [-0.3, -0.25) is 4.79 Å². The molecule has 1 N–H and O–H groups in total. The topological polar surface area (TPSA) is 77.9 Å². The number of halogens is 2. The van der Waals surface area contributed by atoms with Crippen LogP contribution in [0.1, 0.15) is 55.2 Å². The van der Waals surface area contributed by atoms with Crippen LogP contribution >= 0.6 is 11.6 Å². The van der Waals surface area contributed by atoms with Gasteiger partial charge < -0.3 is 19.3 Å². The number of carbonyl (C=O) groups excluding carboxylic acids is 1. The van der Waals surface area contributed by atoms with E-state index in [0.717, 1.165) is 5.56 Å². The van der Waals surface area contributed by atoms with Crippen LogP contribution < -0.4 is 14.2 Å². The maximum absolute atomic E-state index is 12.7. The summed E-state index contributed by atoms with van der Waals surface area (Å²) < 4.78 is 28.5. The molecule has 168 valence electrons. The number of rotatable bonds is 9. The van der Waals surface area contributed by atoms with Gasteiger partial charge in [-0.05, 0) is 37.6 Å². The van der Waals surface area contributed by atoms with Crippen molar-refractivity contribution in [2.75, 3.05) is 27.0 Å². The van der Waals surface area contributed by atoms with Crippen LogP contribution in [0, 0.1) is 0 Å². The molecule has 1 atom stereocenters. The van der Waals surface area contributed by atoms with Crippen molar-refractivity contribution in [2.45, 2.75) is 44.6 Å². The summed E-state index contributed by atoms with van der Waals surface area (Å²) in [6, 6.07) is 6.52. The summed E-state index contributed by atoms with van der Waals surface area (Å²) in [5.74, 6) is 1.09. The number of carbonyl (C=O) groups is 1. The molecule has 8 heteroatoms. The number of fused-ring (bicyclic) bond motifs is 1. The molecule has 1 aliphatic heterocycles. The van der Waals surface area contributed by atoms with Crippen LogP contribution in [0.5, 0.6) is 17.2 Å². The SMILES string of the molecule is COc1cc(C(=O)CCC(C)(O)c2cc3c(c(Cl)n2)OCC3(C)C)ccc1OCCF. The maximum atomic E-state index is 12.7. The van der Waals surface area contributed by atoms with Gasteiger partial charge in [-0.25, -0.2) is 9.37 Å². The fourth-order valence-corrected chi connectivity index (χ4v) is 3.73. The lowest BCUT2D eigenvalue weighted by Gasteiger charge is -2.24. The number of ether oxygens (including phenoxy) is 3. The van der Waals surface area contributed by atoms with Gasteiger partial charge in [0.15, 0.2) is 28.2 Å². The molecule has 0 spiro atoms. The smallest absolute Gasteiger partial charge is 0.171 e. The molecule has 31 heavy (non-hydrogen) atoms. The van der Waals surface area contributed by atoms with Gasteiger partial charge in [-0.15, -0.1) is 0 Å². The summed E-state index contributed by atoms with van der Waals surface area (Å²) >= 11 is 6.29. The number of nitrogens with zero attached hydrogens (tertiary/aromatic N) is 1. The Labute approximate surface area is 186 Å². The van der Waals surface area contributed by atoms with Crippen LogP contribution in [-0.2, 0) is 11.0 Å². The molecule has 0 saturated heterocycles. The average Bonchev–Trinajstić information content (AvgIpc) is 3.05. The van der Waals surface area contributed by atoms with Crippen molar-refractivity contribution in [1.82, 2.24) is 4.98 Å². The predicted octanol–water partition coefficient (Wildman–Crippen LogP) is 4.63. The molecule has 0 fully saturated rings. The number of methoxy groups -OCH3 is 1. The van der Waals surface area contributed by atoms with Crippen molar-refractivity contribution in [2.24, 2.45) is 0 Å². The summed E-state index contributed by atoms with van der Waals surface area (Å²) in [5, 5.41) is 11.3. The van der Waals surface area contributed by atoms with Crippen molar-refractivity contribution in [3.05, 3.63) is 46.2 Å². The first kappa shape index (κ1) is 23.3. The Balaban J connectivity index is 1.75. The molecule has 0 radical (unpaired) electrons. The lowest BCUT2D eigenvalue weighted by molar-refractivity contribution is 0.0396. The fourth-order valence-electron chi connectivity index (χ4n) is 3.49. The molecule has 1 unspecified atom stereocenters. The largest absolute Gasteiger partial charge is 0.493 e. The number of pyridine rings is 1. The molecule has 1 aliphatic rings. The number of benzene rings is 1. The zero-order valence-electron chi connectivity index (χ0n) is 18.1. The molecule has 0 amide bonds. The van der Waals surface area contributed by atoms with Gasteiger partial charge in [0.05, 0.1) is 19.4 Å². The Kier molecular flexibility index (Phi) is 6.76. The molecule has 0 saturated carbocycles. The van der Waals surface area contributed by atoms with E-state index >= 15 is 0 Å². The molecule has 1 aromatic heterocycles. The summed E-state index contributed by atoms with van der Waals surface area (Å²) in [4.78, 5) is 17.1. The minimum absolute atomic E-state index is 0.0805. The van der Waals surface area contributed by atoms with Gasteiger partial charge in [0.2, 0.25) is 0 Å². The van der Waals surface area contributed by atoms with Gasteiger partial charge in [0.25, 0.3) is 0 Å². The second kappa shape index (κ2) is 9.01. The second-order valence-electron chi connectivity index (χ2n) is 8.45. The Morgan fingerprint density at radius 2 is 2.10 bits per heavy atom. The van der Waals surface area contributed by atoms with Crippen molar-refractivity contribution < 1.29 is 28.5 Å². The van der Waals surface area contributed by atoms with E-state index in [0.29, 0.717) is 35.1 Å². The van der Waals surface area contributed by atoms with Crippen molar-refractivity contribution in [3.63, 3.8) is 0 Å². The van der Waals surface area contributed by atoms with E-state index in [1.807, 2.05) is 13.8 Å². The fraction of sp³-hybridized carbons (Fsp3) is 0.478. The molecular formula is C23H27ClFNO5. The maximum Gasteiger partial charge on any atom is 0.171 e. The number of ketones is 1. The quantitative estimate of drug-likeness (QED) is 0.442. The van der Waals surface area contributed by atoms with Gasteiger partial charge in [-0.2, -0.15) is 0 Å². The molecule has 1 aromatic carbocycles. The number of Topliss-reactive ketones (excluding diaryl/α,β-unsaturated/α-hetero) is 1. The first-order valence-electron chi connectivity index (χ1n) is 10.1. The van der Waals surface area contributed by atoms with E-state index in [1.54, 1.807) is 31.2 Å². The zero-order valence-corrected chi connectivity index (χ0v) is 18.9. The first-order chi connectivity index (χ1) is 14.6. The van der Waals surface area contributed by atoms with Gasteiger partial charge in [-0.1, -0.05) is 25.4 Å². The highest BCUT2D eigenvalue weighted by Gasteiger charge is 2.37. The van der Waals surface area contributed by atoms with E-state index in [1.165, 1.54) is 7.11 Å². The summed E-state index contributed by atoms with van der Waals surface area (Å²) in [6.45, 7) is 5.45. The summed E-state index contributed by atoms with van der Waals surface area (Å²) in [6.07, 6.45) is 0.231. The van der Waals surface area contributed by atoms with Gasteiger partial charge in [0.1, 0.15) is 18.9 Å². The number of aliphatic hydroxyl groups is 1. The number of alkyl halides is 1. The number of hydrogen-bond donors (Lipinski definition) is 1. The first-order valence-corrected chi connectivity index (χ1v) is 10.4. The standard InChI is InChI=1S/C23H27ClFNO5/c1-22(2)13-31-20-15(22)12-19(26-21(20)24)23(3,28)8-7-16(27)14-5-6-17(30-10-9-25)18(11-14)29-4/h5-6,11-12,28H,7-10,13H2,1-4H3. The van der Waals surface area contributed by atoms with Crippen molar-refractivity contribution >= 4 is 17.4 Å². The van der Waals surface area contributed by atoms with E-state index < -0.39 is 12.3 Å². The highest BCUT2D eigenvalue weighted by Crippen LogP contribution is 2.44. The third-order valence-corrected chi connectivity index (χ3v) is 5.71. The Morgan fingerprint density at radius 3 is 2.77 bits per heavy atom. The van der Waals surface area contributed by atoms with Crippen LogP contribution in [0.25, 0.3) is 0 Å². The van der Waals surface area contributed by atoms with Crippen LogP contribution in [0.4, 0.5) is 4.39 Å². The lowest BCUT2D eigenvalue weighted by atomic mass is 9.84. The molecule has 2 aromatic rings. The molecule has 3 rings (SSSR count). The Hall–Kier alpha value is -2.38. The third kappa shape index (κ3) is 4.93. The minimum atomic E-state index is -1.36. The predicted molar refractivity (Wildman–Crippen MR) is 115 cm³/mol. The van der Waals surface area contributed by atoms with Gasteiger partial charge in [0, 0.05) is 23.0 Å². The minimum Gasteiger partial charge on any atom is -0.493 e. The van der Waals surface area contributed by atoms with E-state index in [2.05, 4.69) is 4.98 Å². The van der Waals surface area contributed by atoms with Crippen LogP contribution in [0.2, 0.25) is 5.15 Å². The van der Waals surface area contributed by atoms with Crippen LogP contribution in [-0.4, -0.2) is 42.9 Å². The lowest BCUT2D eigenvalue weighted by Crippen LogP contribution is -2.25. The molecule has 6 nitrogen and oxygen atoms in total. The average molecular weight is 452 g/mol. The molecule has 2 heterocycles. The monoisotopic (exact) mass is 451 g/mol. The normalized spacial score (nSPS) is 16.2. The highest BCUT2D eigenvalue weighted by atomic mass is 35.5. The highest BCUT2D eigenvalue weighted by molar-refractivity contribution is 6.31. The summed E-state index contributed by atoms with van der Waals surface area (Å²) in [7, 11) is 1.45.